The van der Waals surface area contributed by atoms with E-state index >= 15 is 0 Å². The van der Waals surface area contributed by atoms with Gasteiger partial charge in [-0.15, -0.1) is 0 Å². The summed E-state index contributed by atoms with van der Waals surface area (Å²) in [4.78, 5) is 0. The molecular weight excluding hydrogens is 210 g/mol. The summed E-state index contributed by atoms with van der Waals surface area (Å²) in [5, 5.41) is 3.55. The second-order valence-corrected chi connectivity index (χ2v) is 5.11. The van der Waals surface area contributed by atoms with E-state index in [9.17, 15) is 0 Å². The number of benzene rings is 1. The number of nitrogens with one attached hydrogen (secondary N) is 1. The molecule has 0 amide bonds. The second-order valence-electron chi connectivity index (χ2n) is 5.11. The molecule has 2 nitrogen and oxygen atoms in total. The minimum Gasteiger partial charge on any atom is -0.494 e. The van der Waals surface area contributed by atoms with Crippen LogP contribution in [0.2, 0.25) is 0 Å². The molecule has 1 aromatic carbocycles. The molecule has 1 aliphatic heterocycles. The molecule has 1 saturated heterocycles. The van der Waals surface area contributed by atoms with Crippen LogP contribution in [0.4, 0.5) is 0 Å². The molecule has 17 heavy (non-hydrogen) atoms. The Morgan fingerprint density at radius 3 is 2.59 bits per heavy atom. The largest absolute Gasteiger partial charge is 0.494 e. The first-order chi connectivity index (χ1) is 8.24. The van der Waals surface area contributed by atoms with Gasteiger partial charge in [0.25, 0.3) is 0 Å². The SMILES string of the molecule is Cc1cc(C)cc(OCC[C@H]2CCCCN2)c1. The monoisotopic (exact) mass is 233 g/mol. The topological polar surface area (TPSA) is 21.3 Å². The van der Waals surface area contributed by atoms with Crippen LogP contribution < -0.4 is 10.1 Å². The maximum absolute atomic E-state index is 5.83. The number of hydrogen-bond donors (Lipinski definition) is 1. The summed E-state index contributed by atoms with van der Waals surface area (Å²) in [6, 6.07) is 7.06. The Morgan fingerprint density at radius 1 is 1.18 bits per heavy atom. The van der Waals surface area contributed by atoms with Crippen LogP contribution in [0.15, 0.2) is 18.2 Å². The fourth-order valence-electron chi connectivity index (χ4n) is 2.51. The predicted octanol–water partition coefficient (Wildman–Crippen LogP) is 3.21. The summed E-state index contributed by atoms with van der Waals surface area (Å²) in [5.41, 5.74) is 2.55. The van der Waals surface area contributed by atoms with Crippen molar-refractivity contribution < 1.29 is 4.74 Å². The van der Waals surface area contributed by atoms with E-state index < -0.39 is 0 Å². The highest BCUT2D eigenvalue weighted by molar-refractivity contribution is 5.32. The van der Waals surface area contributed by atoms with Gasteiger partial charge in [0.2, 0.25) is 0 Å². The zero-order valence-corrected chi connectivity index (χ0v) is 11.0. The number of rotatable bonds is 4. The number of ether oxygens (including phenoxy) is 1. The van der Waals surface area contributed by atoms with Gasteiger partial charge < -0.3 is 10.1 Å². The van der Waals surface area contributed by atoms with Crippen LogP contribution in [0.5, 0.6) is 5.75 Å². The third-order valence-electron chi connectivity index (χ3n) is 3.34. The third kappa shape index (κ3) is 4.04. The molecule has 1 heterocycles. The molecule has 94 valence electrons. The lowest BCUT2D eigenvalue weighted by atomic mass is 10.0. The van der Waals surface area contributed by atoms with E-state index in [-0.39, 0.29) is 0 Å². The van der Waals surface area contributed by atoms with Crippen LogP contribution in [0, 0.1) is 13.8 Å². The van der Waals surface area contributed by atoms with Crippen molar-refractivity contribution in [2.75, 3.05) is 13.2 Å². The Bertz CT molecular complexity index is 336. The van der Waals surface area contributed by atoms with Gasteiger partial charge >= 0.3 is 0 Å². The van der Waals surface area contributed by atoms with Gasteiger partial charge in [0.05, 0.1) is 6.61 Å². The van der Waals surface area contributed by atoms with Crippen molar-refractivity contribution in [3.05, 3.63) is 29.3 Å². The highest BCUT2D eigenvalue weighted by Crippen LogP contribution is 2.17. The molecule has 1 aromatic rings. The van der Waals surface area contributed by atoms with E-state index in [0.717, 1.165) is 18.8 Å². The van der Waals surface area contributed by atoms with Gasteiger partial charge in [-0.1, -0.05) is 12.5 Å². The normalized spacial score (nSPS) is 20.2. The first-order valence-corrected chi connectivity index (χ1v) is 6.68. The van der Waals surface area contributed by atoms with Crippen molar-refractivity contribution in [3.8, 4) is 5.75 Å². The molecule has 0 saturated carbocycles. The van der Waals surface area contributed by atoms with E-state index in [0.29, 0.717) is 6.04 Å². The van der Waals surface area contributed by atoms with Crippen molar-refractivity contribution in [1.82, 2.24) is 5.32 Å². The molecule has 1 fully saturated rings. The number of piperidine rings is 1. The molecule has 2 heteroatoms. The van der Waals surface area contributed by atoms with Gasteiger partial charge in [0, 0.05) is 6.04 Å². The fraction of sp³-hybridized carbons (Fsp3) is 0.600. The predicted molar refractivity (Wildman–Crippen MR) is 71.7 cm³/mol. The van der Waals surface area contributed by atoms with Crippen molar-refractivity contribution in [2.24, 2.45) is 0 Å². The molecule has 0 spiro atoms. The van der Waals surface area contributed by atoms with Crippen molar-refractivity contribution >= 4 is 0 Å². The van der Waals surface area contributed by atoms with Crippen LogP contribution in [-0.4, -0.2) is 19.2 Å². The maximum atomic E-state index is 5.83. The first-order valence-electron chi connectivity index (χ1n) is 6.68. The highest BCUT2D eigenvalue weighted by Gasteiger charge is 2.11. The Hall–Kier alpha value is -1.02. The minimum absolute atomic E-state index is 0.662. The molecule has 0 aliphatic carbocycles. The molecule has 1 N–H and O–H groups in total. The Balaban J connectivity index is 1.77. The summed E-state index contributed by atoms with van der Waals surface area (Å²) in [6.07, 6.45) is 5.11. The molecule has 0 bridgehead atoms. The van der Waals surface area contributed by atoms with Gasteiger partial charge in [-0.3, -0.25) is 0 Å². The fourth-order valence-corrected chi connectivity index (χ4v) is 2.51. The lowest BCUT2D eigenvalue weighted by Crippen LogP contribution is -2.35. The van der Waals surface area contributed by atoms with Gasteiger partial charge in [0.15, 0.2) is 0 Å². The van der Waals surface area contributed by atoms with E-state index in [1.807, 2.05) is 0 Å². The zero-order chi connectivity index (χ0) is 12.1. The Labute approximate surface area is 104 Å². The Morgan fingerprint density at radius 2 is 1.94 bits per heavy atom. The van der Waals surface area contributed by atoms with Crippen LogP contribution in [0.3, 0.4) is 0 Å². The van der Waals surface area contributed by atoms with Gasteiger partial charge in [-0.05, 0) is 62.9 Å². The van der Waals surface area contributed by atoms with E-state index in [2.05, 4.69) is 37.4 Å². The standard InChI is InChI=1S/C15H23NO/c1-12-9-13(2)11-15(10-12)17-8-6-14-5-3-4-7-16-14/h9-11,14,16H,3-8H2,1-2H3/t14-/m1/s1. The van der Waals surface area contributed by atoms with Crippen molar-refractivity contribution in [3.63, 3.8) is 0 Å². The van der Waals surface area contributed by atoms with Gasteiger partial charge in [0.1, 0.15) is 5.75 Å². The van der Waals surface area contributed by atoms with Gasteiger partial charge in [-0.25, -0.2) is 0 Å². The quantitative estimate of drug-likeness (QED) is 0.862. The zero-order valence-electron chi connectivity index (χ0n) is 11.0. The molecule has 0 radical (unpaired) electrons. The summed E-state index contributed by atoms with van der Waals surface area (Å²) in [5.74, 6) is 1.01. The van der Waals surface area contributed by atoms with E-state index in [1.54, 1.807) is 0 Å². The molecule has 0 unspecified atom stereocenters. The smallest absolute Gasteiger partial charge is 0.119 e. The second kappa shape index (κ2) is 6.06. The van der Waals surface area contributed by atoms with Crippen LogP contribution in [-0.2, 0) is 0 Å². The van der Waals surface area contributed by atoms with Gasteiger partial charge in [-0.2, -0.15) is 0 Å². The lowest BCUT2D eigenvalue weighted by Gasteiger charge is -2.23. The Kier molecular flexibility index (Phi) is 4.43. The molecule has 2 rings (SSSR count). The molecular formula is C15H23NO. The third-order valence-corrected chi connectivity index (χ3v) is 3.34. The summed E-state index contributed by atoms with van der Waals surface area (Å²) in [7, 11) is 0. The maximum Gasteiger partial charge on any atom is 0.119 e. The first kappa shape index (κ1) is 12.4. The van der Waals surface area contributed by atoms with Crippen molar-refractivity contribution in [1.29, 1.82) is 0 Å². The van der Waals surface area contributed by atoms with E-state index in [4.69, 9.17) is 4.74 Å². The summed E-state index contributed by atoms with van der Waals surface area (Å²) < 4.78 is 5.83. The summed E-state index contributed by atoms with van der Waals surface area (Å²) >= 11 is 0. The summed E-state index contributed by atoms with van der Waals surface area (Å²) in [6.45, 7) is 6.22. The lowest BCUT2D eigenvalue weighted by molar-refractivity contribution is 0.268. The number of hydrogen-bond acceptors (Lipinski definition) is 2. The van der Waals surface area contributed by atoms with Crippen LogP contribution in [0.25, 0.3) is 0 Å². The average Bonchev–Trinajstić information content (AvgIpc) is 2.29. The molecule has 1 aliphatic rings. The van der Waals surface area contributed by atoms with Crippen molar-refractivity contribution in [2.45, 2.75) is 45.6 Å². The average molecular weight is 233 g/mol. The highest BCUT2D eigenvalue weighted by atomic mass is 16.5. The van der Waals surface area contributed by atoms with E-state index in [1.165, 1.54) is 36.9 Å². The minimum atomic E-state index is 0.662. The van der Waals surface area contributed by atoms with Crippen LogP contribution >= 0.6 is 0 Å². The number of aryl methyl sites for hydroxylation is 2. The molecule has 0 aromatic heterocycles. The molecule has 1 atom stereocenters. The van der Waals surface area contributed by atoms with Crippen LogP contribution in [0.1, 0.15) is 36.8 Å².